The minimum atomic E-state index is -0.434. The number of para-hydroxylation sites is 1. The van der Waals surface area contributed by atoms with Crippen molar-refractivity contribution in [1.82, 2.24) is 0 Å². The zero-order valence-electron chi connectivity index (χ0n) is 13.2. The molecule has 2 aromatic rings. The first-order valence-corrected chi connectivity index (χ1v) is 8.47. The molecule has 0 aliphatic rings. The molecule has 0 atom stereocenters. The van der Waals surface area contributed by atoms with Crippen LogP contribution in [0.15, 0.2) is 53.4 Å². The molecular weight excluding hydrogens is 409 g/mol. The number of carbonyl (C=O) groups is 1. The molecule has 3 radical (unpaired) electrons. The van der Waals surface area contributed by atoms with Crippen LogP contribution in [-0.2, 0) is 4.79 Å². The number of anilines is 1. The maximum Gasteiger partial charge on any atom is -0.870 e. The van der Waals surface area contributed by atoms with Crippen molar-refractivity contribution in [2.24, 2.45) is 0 Å². The number of rotatable bonds is 5. The fraction of sp³-hybridized carbons (Fsp3) is 0.133. The molecule has 10 heteroatoms. The second-order valence-corrected chi connectivity index (χ2v) is 6.74. The van der Waals surface area contributed by atoms with E-state index in [0.717, 1.165) is 10.1 Å². The van der Waals surface area contributed by atoms with Gasteiger partial charge in [0.1, 0.15) is 0 Å². The summed E-state index contributed by atoms with van der Waals surface area (Å²) >= 11 is 3.16. The molecule has 0 heterocycles. The van der Waals surface area contributed by atoms with E-state index in [1.807, 2.05) is 40.8 Å². The van der Waals surface area contributed by atoms with E-state index in [1.165, 1.54) is 17.8 Å². The minimum absolute atomic E-state index is 0. The monoisotopic (exact) mass is 426 g/mol. The summed E-state index contributed by atoms with van der Waals surface area (Å²) in [7, 11) is 1.70. The van der Waals surface area contributed by atoms with Gasteiger partial charge in [-0.25, -0.2) is 0 Å². The van der Waals surface area contributed by atoms with Crippen molar-refractivity contribution in [2.75, 3.05) is 17.7 Å². The van der Waals surface area contributed by atoms with Gasteiger partial charge in [0.25, 0.3) is 0 Å². The van der Waals surface area contributed by atoms with Crippen molar-refractivity contribution in [1.29, 1.82) is 0 Å². The van der Waals surface area contributed by atoms with Gasteiger partial charge in [-0.1, -0.05) is 0 Å². The SMILES string of the molecule is CN(C(=O)CSc1ccccc1[N+](=O)[O-])c1cc[c]([Ge])cc1.[OH-].[OH-].[OH-]. The van der Waals surface area contributed by atoms with Crippen LogP contribution in [0.3, 0.4) is 0 Å². The molecule has 0 unspecified atom stereocenters. The first kappa shape index (κ1) is 25.3. The number of nitro benzene ring substituents is 1. The smallest absolute Gasteiger partial charge is 0.870 e. The average Bonchev–Trinajstić information content (AvgIpc) is 2.52. The van der Waals surface area contributed by atoms with Gasteiger partial charge in [0, 0.05) is 0 Å². The Bertz CT molecular complexity index is 699. The van der Waals surface area contributed by atoms with Gasteiger partial charge < -0.3 is 16.4 Å². The van der Waals surface area contributed by atoms with Gasteiger partial charge in [-0.05, 0) is 0 Å². The van der Waals surface area contributed by atoms with E-state index in [0.29, 0.717) is 4.90 Å². The molecule has 8 nitrogen and oxygen atoms in total. The van der Waals surface area contributed by atoms with E-state index in [-0.39, 0.29) is 33.8 Å². The number of benzene rings is 2. The Kier molecular flexibility index (Phi) is 11.8. The fourth-order valence-corrected chi connectivity index (χ4v) is 3.08. The Morgan fingerprint density at radius 2 is 1.68 bits per heavy atom. The number of thioether (sulfide) groups is 1. The zero-order valence-corrected chi connectivity index (χ0v) is 16.1. The number of amides is 1. The Morgan fingerprint density at radius 1 is 1.12 bits per heavy atom. The summed E-state index contributed by atoms with van der Waals surface area (Å²) in [6.45, 7) is 0. The molecule has 3 N–H and O–H groups in total. The van der Waals surface area contributed by atoms with Crippen molar-refractivity contribution in [3.63, 3.8) is 0 Å². The number of nitrogens with zero attached hydrogens (tertiary/aromatic N) is 2. The molecule has 0 saturated carbocycles. The summed E-state index contributed by atoms with van der Waals surface area (Å²) in [4.78, 5) is 24.8. The predicted octanol–water partition coefficient (Wildman–Crippen LogP) is 1.61. The maximum absolute atomic E-state index is 12.2. The standard InChI is InChI=1S/C15H13GeN2O3S.3H2O/c1-17(12-8-6-11(16)7-9-12)15(19)10-22-14-5-3-2-4-13(14)18(20)21;;;/h2-9H,10H2,1H3;3*1H2/p-3. The summed E-state index contributed by atoms with van der Waals surface area (Å²) in [6, 6.07) is 14.1. The summed E-state index contributed by atoms with van der Waals surface area (Å²) in [5.41, 5.74) is 0.831. The van der Waals surface area contributed by atoms with Crippen molar-refractivity contribution in [2.45, 2.75) is 4.90 Å². The zero-order chi connectivity index (χ0) is 16.1. The van der Waals surface area contributed by atoms with Crippen molar-refractivity contribution in [3.8, 4) is 0 Å². The molecule has 0 spiro atoms. The third-order valence-electron chi connectivity index (χ3n) is 3.04. The fourth-order valence-electron chi connectivity index (χ4n) is 1.80. The summed E-state index contributed by atoms with van der Waals surface area (Å²) in [6.07, 6.45) is 0. The molecule has 2 aromatic carbocycles. The van der Waals surface area contributed by atoms with Gasteiger partial charge in [-0.2, -0.15) is 0 Å². The predicted molar refractivity (Wildman–Crippen MR) is 94.9 cm³/mol. The van der Waals surface area contributed by atoms with E-state index in [1.54, 1.807) is 30.1 Å². The Hall–Kier alpha value is -1.92. The van der Waals surface area contributed by atoms with Crippen LogP contribution in [0.5, 0.6) is 0 Å². The van der Waals surface area contributed by atoms with Crippen molar-refractivity contribution >= 4 is 50.0 Å². The van der Waals surface area contributed by atoms with Gasteiger partial charge in [0.2, 0.25) is 0 Å². The first-order chi connectivity index (χ1) is 10.5. The Morgan fingerprint density at radius 3 is 2.24 bits per heavy atom. The molecular formula is C15H16GeN2O6S-3. The van der Waals surface area contributed by atoms with Crippen LogP contribution < -0.4 is 9.30 Å². The second kappa shape index (κ2) is 11.6. The second-order valence-electron chi connectivity index (χ2n) is 4.51. The van der Waals surface area contributed by atoms with Crippen LogP contribution in [0.2, 0.25) is 0 Å². The quantitative estimate of drug-likeness (QED) is 0.305. The van der Waals surface area contributed by atoms with Crippen LogP contribution in [0, 0.1) is 10.1 Å². The Balaban J connectivity index is 0. The molecule has 2 rings (SSSR count). The summed E-state index contributed by atoms with van der Waals surface area (Å²) < 4.78 is 1.12. The van der Waals surface area contributed by atoms with E-state index in [9.17, 15) is 14.9 Å². The molecule has 0 aromatic heterocycles. The van der Waals surface area contributed by atoms with Gasteiger partial charge in [-0.3, -0.25) is 0 Å². The molecule has 0 fully saturated rings. The third-order valence-corrected chi connectivity index (χ3v) is 4.79. The topological polar surface area (TPSA) is 153 Å². The Labute approximate surface area is 157 Å². The molecule has 25 heavy (non-hydrogen) atoms. The van der Waals surface area contributed by atoms with Crippen molar-refractivity contribution < 1.29 is 26.1 Å². The normalized spacial score (nSPS) is 9.04. The first-order valence-electron chi connectivity index (χ1n) is 6.43. The van der Waals surface area contributed by atoms with Crippen molar-refractivity contribution in [3.05, 3.63) is 58.6 Å². The molecule has 0 aliphatic carbocycles. The molecule has 0 aliphatic heterocycles. The van der Waals surface area contributed by atoms with E-state index < -0.39 is 4.92 Å². The van der Waals surface area contributed by atoms with Gasteiger partial charge >= 0.3 is 141 Å². The van der Waals surface area contributed by atoms with Crippen LogP contribution >= 0.6 is 11.8 Å². The average molecular weight is 425 g/mol. The minimum Gasteiger partial charge on any atom is -0.870 e. The van der Waals surface area contributed by atoms with E-state index in [2.05, 4.69) is 0 Å². The molecule has 135 valence electrons. The van der Waals surface area contributed by atoms with Crippen LogP contribution in [0.4, 0.5) is 11.4 Å². The summed E-state index contributed by atoms with van der Waals surface area (Å²) in [5.74, 6) is 0.0434. The van der Waals surface area contributed by atoms with E-state index in [4.69, 9.17) is 0 Å². The van der Waals surface area contributed by atoms with Gasteiger partial charge in [0.05, 0.1) is 0 Å². The molecule has 1 amide bonds. The van der Waals surface area contributed by atoms with E-state index >= 15 is 0 Å². The third kappa shape index (κ3) is 6.84. The number of nitro groups is 1. The summed E-state index contributed by atoms with van der Waals surface area (Å²) in [5, 5.41) is 11.0. The molecule has 0 bridgehead atoms. The number of hydrogen-bond acceptors (Lipinski definition) is 7. The maximum atomic E-state index is 12.2. The van der Waals surface area contributed by atoms with Crippen LogP contribution in [-0.4, -0.2) is 56.6 Å². The van der Waals surface area contributed by atoms with Gasteiger partial charge in [0.15, 0.2) is 0 Å². The van der Waals surface area contributed by atoms with Gasteiger partial charge in [-0.15, -0.1) is 0 Å². The number of hydrogen-bond donors (Lipinski definition) is 0. The largest absolute Gasteiger partial charge is 0.870 e. The number of carbonyl (C=O) groups excluding carboxylic acids is 1. The van der Waals surface area contributed by atoms with Crippen LogP contribution in [0.25, 0.3) is 0 Å². The van der Waals surface area contributed by atoms with Crippen LogP contribution in [0.1, 0.15) is 0 Å². The molecule has 0 saturated heterocycles.